The van der Waals surface area contributed by atoms with E-state index >= 15 is 0 Å². The Morgan fingerprint density at radius 2 is 1.82 bits per heavy atom. The highest BCUT2D eigenvalue weighted by molar-refractivity contribution is 6.02. The lowest BCUT2D eigenvalue weighted by Gasteiger charge is -2.37. The average Bonchev–Trinajstić information content (AvgIpc) is 2.90. The molecule has 6 heteroatoms. The van der Waals surface area contributed by atoms with Crippen LogP contribution in [0.5, 0.6) is 11.5 Å². The summed E-state index contributed by atoms with van der Waals surface area (Å²) in [6, 6.07) is 11.9. The molecule has 2 aliphatic rings. The van der Waals surface area contributed by atoms with Gasteiger partial charge in [0, 0.05) is 18.4 Å². The van der Waals surface area contributed by atoms with Gasteiger partial charge in [0.1, 0.15) is 17.1 Å². The van der Waals surface area contributed by atoms with Crippen LogP contribution in [0.4, 0.5) is 0 Å². The van der Waals surface area contributed by atoms with E-state index in [4.69, 9.17) is 9.47 Å². The minimum atomic E-state index is -1.34. The van der Waals surface area contributed by atoms with Crippen molar-refractivity contribution in [2.24, 2.45) is 0 Å². The van der Waals surface area contributed by atoms with Crippen molar-refractivity contribution in [1.29, 1.82) is 0 Å². The van der Waals surface area contributed by atoms with Crippen LogP contribution in [-0.2, 0) is 22.4 Å². The molecule has 0 saturated carbocycles. The van der Waals surface area contributed by atoms with Crippen molar-refractivity contribution >= 4 is 11.5 Å². The van der Waals surface area contributed by atoms with Crippen molar-refractivity contribution in [2.45, 2.75) is 44.7 Å². The number of carbonyl (C=O) groups is 1. The van der Waals surface area contributed by atoms with E-state index in [-0.39, 0.29) is 12.2 Å². The second kappa shape index (κ2) is 6.65. The summed E-state index contributed by atoms with van der Waals surface area (Å²) in [6.07, 6.45) is -1.22. The molecule has 0 aliphatic carbocycles. The highest BCUT2D eigenvalue weighted by atomic mass is 16.6. The SMILES string of the molecule is CC1(C)Oc2ccc(CC3=C(c4ccc(O)cc4)C(O)OC3=O)cc2CC1O. The molecule has 0 bridgehead atoms. The van der Waals surface area contributed by atoms with E-state index in [1.54, 1.807) is 12.1 Å². The van der Waals surface area contributed by atoms with Crippen molar-refractivity contribution in [3.63, 3.8) is 0 Å². The Balaban J connectivity index is 1.68. The summed E-state index contributed by atoms with van der Waals surface area (Å²) in [4.78, 5) is 12.3. The second-order valence-electron chi connectivity index (χ2n) is 7.74. The van der Waals surface area contributed by atoms with Gasteiger partial charge in [-0.1, -0.05) is 24.3 Å². The van der Waals surface area contributed by atoms with Crippen molar-refractivity contribution in [1.82, 2.24) is 0 Å². The molecule has 4 rings (SSSR count). The van der Waals surface area contributed by atoms with E-state index in [0.29, 0.717) is 23.1 Å². The number of rotatable bonds is 3. The van der Waals surface area contributed by atoms with Gasteiger partial charge in [-0.05, 0) is 48.7 Å². The molecule has 28 heavy (non-hydrogen) atoms. The fraction of sp³-hybridized carbons (Fsp3) is 0.318. The van der Waals surface area contributed by atoms with Crippen LogP contribution in [0.2, 0.25) is 0 Å². The van der Waals surface area contributed by atoms with E-state index in [1.807, 2.05) is 32.0 Å². The highest BCUT2D eigenvalue weighted by Crippen LogP contribution is 2.36. The largest absolute Gasteiger partial charge is 0.508 e. The molecule has 2 aromatic rings. The van der Waals surface area contributed by atoms with Gasteiger partial charge in [-0.15, -0.1) is 0 Å². The molecule has 0 saturated heterocycles. The quantitative estimate of drug-likeness (QED) is 0.705. The average molecular weight is 382 g/mol. The lowest BCUT2D eigenvalue weighted by Crippen LogP contribution is -2.46. The van der Waals surface area contributed by atoms with E-state index in [0.717, 1.165) is 16.9 Å². The number of phenols is 1. The predicted molar refractivity (Wildman–Crippen MR) is 102 cm³/mol. The van der Waals surface area contributed by atoms with Crippen molar-refractivity contribution in [2.75, 3.05) is 0 Å². The number of phenolic OH excluding ortho intramolecular Hbond substituents is 1. The molecule has 3 N–H and O–H groups in total. The summed E-state index contributed by atoms with van der Waals surface area (Å²) in [5.41, 5.74) is 2.47. The molecule has 2 heterocycles. The lowest BCUT2D eigenvalue weighted by atomic mass is 9.89. The van der Waals surface area contributed by atoms with E-state index in [9.17, 15) is 20.1 Å². The standard InChI is InChI=1S/C22H22O6/c1-22(2)18(24)11-14-9-12(3-8-17(14)28-22)10-16-19(21(26)27-20(16)25)13-4-6-15(23)7-5-13/h3-9,18,21,23-24,26H,10-11H2,1-2H3. The number of aliphatic hydroxyl groups is 2. The smallest absolute Gasteiger partial charge is 0.337 e. The minimum Gasteiger partial charge on any atom is -0.508 e. The van der Waals surface area contributed by atoms with Gasteiger partial charge in [0.25, 0.3) is 0 Å². The van der Waals surface area contributed by atoms with Crippen molar-refractivity contribution in [3.05, 3.63) is 64.7 Å². The Labute approximate surface area is 162 Å². The molecule has 2 aromatic carbocycles. The molecule has 0 amide bonds. The van der Waals surface area contributed by atoms with Gasteiger partial charge in [-0.2, -0.15) is 0 Å². The zero-order valence-electron chi connectivity index (χ0n) is 15.7. The number of cyclic esters (lactones) is 1. The van der Waals surface area contributed by atoms with Crippen LogP contribution < -0.4 is 4.74 Å². The first-order valence-corrected chi connectivity index (χ1v) is 9.15. The van der Waals surface area contributed by atoms with Crippen molar-refractivity contribution in [3.8, 4) is 11.5 Å². The molecular formula is C22H22O6. The fourth-order valence-corrected chi connectivity index (χ4v) is 3.63. The summed E-state index contributed by atoms with van der Waals surface area (Å²) < 4.78 is 10.9. The molecule has 0 fully saturated rings. The first-order chi connectivity index (χ1) is 13.2. The minimum absolute atomic E-state index is 0.0989. The monoisotopic (exact) mass is 382 g/mol. The molecule has 0 aromatic heterocycles. The van der Waals surface area contributed by atoms with Crippen LogP contribution in [0.15, 0.2) is 48.0 Å². The van der Waals surface area contributed by atoms with Crippen LogP contribution >= 0.6 is 0 Å². The van der Waals surface area contributed by atoms with Gasteiger partial charge in [-0.3, -0.25) is 0 Å². The third-order valence-corrected chi connectivity index (χ3v) is 5.31. The van der Waals surface area contributed by atoms with Crippen molar-refractivity contribution < 1.29 is 29.6 Å². The summed E-state index contributed by atoms with van der Waals surface area (Å²) in [5, 5.41) is 30.0. The van der Waals surface area contributed by atoms with Crippen LogP contribution in [0.25, 0.3) is 5.57 Å². The molecule has 2 atom stereocenters. The number of fused-ring (bicyclic) bond motifs is 1. The van der Waals surface area contributed by atoms with Crippen LogP contribution in [0, 0.1) is 0 Å². The molecular weight excluding hydrogens is 360 g/mol. The van der Waals surface area contributed by atoms with Gasteiger partial charge >= 0.3 is 5.97 Å². The highest BCUT2D eigenvalue weighted by Gasteiger charge is 2.36. The lowest BCUT2D eigenvalue weighted by molar-refractivity contribution is -0.150. The zero-order chi connectivity index (χ0) is 20.1. The Morgan fingerprint density at radius 3 is 2.54 bits per heavy atom. The van der Waals surface area contributed by atoms with Gasteiger partial charge < -0.3 is 24.8 Å². The number of hydrogen-bond acceptors (Lipinski definition) is 6. The first kappa shape index (κ1) is 18.5. The predicted octanol–water partition coefficient (Wildman–Crippen LogP) is 2.34. The van der Waals surface area contributed by atoms with Crippen LogP contribution in [-0.4, -0.2) is 39.3 Å². The number of hydrogen-bond donors (Lipinski definition) is 3. The summed E-state index contributed by atoms with van der Waals surface area (Å²) in [5.74, 6) is 0.258. The fourth-order valence-electron chi connectivity index (χ4n) is 3.63. The maximum Gasteiger partial charge on any atom is 0.337 e. The number of ether oxygens (including phenoxy) is 2. The third-order valence-electron chi connectivity index (χ3n) is 5.31. The first-order valence-electron chi connectivity index (χ1n) is 9.15. The second-order valence-corrected chi connectivity index (χ2v) is 7.74. The van der Waals surface area contributed by atoms with Crippen LogP contribution in [0.3, 0.4) is 0 Å². The number of aromatic hydroxyl groups is 1. The molecule has 0 spiro atoms. The topological polar surface area (TPSA) is 96.2 Å². The maximum absolute atomic E-state index is 12.3. The normalized spacial score (nSPS) is 23.2. The van der Waals surface area contributed by atoms with Gasteiger partial charge in [0.05, 0.1) is 11.7 Å². The zero-order valence-corrected chi connectivity index (χ0v) is 15.7. The molecule has 0 radical (unpaired) electrons. The van der Waals surface area contributed by atoms with Crippen LogP contribution in [0.1, 0.15) is 30.5 Å². The number of esters is 1. The Hall–Kier alpha value is -2.83. The number of benzene rings is 2. The van der Waals surface area contributed by atoms with E-state index in [2.05, 4.69) is 0 Å². The molecule has 146 valence electrons. The Bertz CT molecular complexity index is 957. The molecule has 2 aliphatic heterocycles. The Morgan fingerprint density at radius 1 is 1.11 bits per heavy atom. The Kier molecular flexibility index (Phi) is 4.40. The molecule has 6 nitrogen and oxygen atoms in total. The van der Waals surface area contributed by atoms with Gasteiger partial charge in [0.2, 0.25) is 6.29 Å². The summed E-state index contributed by atoms with van der Waals surface area (Å²) in [6.45, 7) is 3.69. The maximum atomic E-state index is 12.3. The molecule has 2 unspecified atom stereocenters. The number of carbonyl (C=O) groups excluding carboxylic acids is 1. The van der Waals surface area contributed by atoms with E-state index in [1.165, 1.54) is 12.1 Å². The third kappa shape index (κ3) is 3.25. The summed E-state index contributed by atoms with van der Waals surface area (Å²) in [7, 11) is 0. The van der Waals surface area contributed by atoms with E-state index < -0.39 is 24.0 Å². The van der Waals surface area contributed by atoms with Gasteiger partial charge in [0.15, 0.2) is 0 Å². The van der Waals surface area contributed by atoms with Gasteiger partial charge in [-0.25, -0.2) is 4.79 Å². The number of aliphatic hydroxyl groups excluding tert-OH is 2. The summed E-state index contributed by atoms with van der Waals surface area (Å²) >= 11 is 0.